The van der Waals surface area contributed by atoms with Gasteiger partial charge in [0.05, 0.1) is 0 Å². The zero-order valence-electron chi connectivity index (χ0n) is 38.2. The van der Waals surface area contributed by atoms with Gasteiger partial charge in [0.15, 0.2) is 0 Å². The van der Waals surface area contributed by atoms with E-state index in [1.165, 1.54) is 175 Å². The van der Waals surface area contributed by atoms with Crippen molar-refractivity contribution in [3.05, 3.63) is 187 Å². The van der Waals surface area contributed by atoms with Crippen molar-refractivity contribution in [1.29, 1.82) is 0 Å². The van der Waals surface area contributed by atoms with Gasteiger partial charge in [-0.15, -0.1) is 0 Å². The van der Waals surface area contributed by atoms with Crippen LogP contribution in [-0.4, -0.2) is 13.8 Å². The average Bonchev–Trinajstić information content (AvgIpc) is 3.91. The zero-order valence-corrected chi connectivity index (χ0v) is 44.7. The molecule has 0 fully saturated rings. The van der Waals surface area contributed by atoms with E-state index in [0.29, 0.717) is 0 Å². The van der Waals surface area contributed by atoms with Gasteiger partial charge in [-0.25, -0.2) is 0 Å². The van der Waals surface area contributed by atoms with Gasteiger partial charge in [0.25, 0.3) is 0 Å². The molecule has 0 bridgehead atoms. The zero-order chi connectivity index (χ0) is 45.2. The van der Waals surface area contributed by atoms with Crippen molar-refractivity contribution < 1.29 is 63.6 Å². The molecule has 0 N–H and O–H groups in total. The molecule has 330 valence electrons. The van der Waals surface area contributed by atoms with Crippen LogP contribution in [0.5, 0.6) is 0 Å². The van der Waals surface area contributed by atoms with Gasteiger partial charge in [-0.2, -0.15) is 0 Å². The second-order valence-electron chi connectivity index (χ2n) is 18.4. The molecule has 0 unspecified atom stereocenters. The van der Waals surface area contributed by atoms with Gasteiger partial charge in [-0.3, -0.25) is 0 Å². The molecule has 0 spiro atoms. The summed E-state index contributed by atoms with van der Waals surface area (Å²) in [6, 6.07) is 69.5. The Balaban J connectivity index is 1.03. The van der Waals surface area contributed by atoms with Gasteiger partial charge in [0.2, 0.25) is 0 Å². The summed E-state index contributed by atoms with van der Waals surface area (Å²) in [5.41, 5.74) is 18.9. The molecule has 2 aliphatic carbocycles. The molecule has 0 heterocycles. The second kappa shape index (κ2) is 16.4. The topological polar surface area (TPSA) is 0 Å². The molecule has 3 heteroatoms. The van der Waals surface area contributed by atoms with Gasteiger partial charge in [0.1, 0.15) is 0 Å². The molecular weight excluding hydrogens is 1160 g/mol. The number of alkyl halides is 3. The number of hydrogen-bond donors (Lipinski definition) is 0. The summed E-state index contributed by atoms with van der Waals surface area (Å²) in [6.45, 7) is 4.61. The fourth-order valence-corrected chi connectivity index (χ4v) is 17.1. The third-order valence-corrected chi connectivity index (χ3v) is 23.2. The van der Waals surface area contributed by atoms with E-state index in [1.54, 1.807) is 0 Å². The van der Waals surface area contributed by atoms with Crippen LogP contribution in [0.2, 0.25) is 0 Å². The molecule has 0 radical (unpaired) electrons. The summed E-state index contributed by atoms with van der Waals surface area (Å²) in [5.74, 6) is 0. The molecule has 2 aliphatic rings. The van der Waals surface area contributed by atoms with Crippen LogP contribution in [0, 0.1) is 10.7 Å². The standard InChI is InChI=1S/C65H46I3/c1-4-34-67-41-22-14-37(15-23-41)55-36-56-51-27-26-47-49-29-32-54-63-53(33-30-50(61(49)63)48-28-31-52(62(51)60(47)48)59(56)44-11-7-6-10-43(44)55)64-57(38-16-20-40(66-3)21-17-38)45-12-8-9-13-46(45)58(65(54)64)39-18-24-42(25-19-39)68-35-5-2/h6-33,36H,4-5,34-35H2,1-3H3/q-3. The van der Waals surface area contributed by atoms with Crippen LogP contribution >= 0.6 is 0 Å². The van der Waals surface area contributed by atoms with Gasteiger partial charge >= 0.3 is 433 Å². The van der Waals surface area contributed by atoms with Gasteiger partial charge < -0.3 is 0 Å². The van der Waals surface area contributed by atoms with E-state index in [9.17, 15) is 0 Å². The van der Waals surface area contributed by atoms with Crippen LogP contribution < -0.4 is 63.6 Å². The summed E-state index contributed by atoms with van der Waals surface area (Å²) in [4.78, 5) is 2.36. The number of halogens is 3. The first kappa shape index (κ1) is 41.6. The van der Waals surface area contributed by atoms with Gasteiger partial charge in [-0.05, 0) is 0 Å². The minimum atomic E-state index is 0.00315. The van der Waals surface area contributed by atoms with E-state index in [2.05, 4.69) is 195 Å². The summed E-state index contributed by atoms with van der Waals surface area (Å²) in [5, 5.41) is 16.3. The van der Waals surface area contributed by atoms with Crippen molar-refractivity contribution in [3.63, 3.8) is 0 Å². The van der Waals surface area contributed by atoms with Crippen LogP contribution in [0.1, 0.15) is 26.7 Å². The molecule has 0 amide bonds. The number of rotatable bonds is 10. The molecule has 12 aromatic rings. The predicted octanol–water partition coefficient (Wildman–Crippen LogP) is 8.57. The van der Waals surface area contributed by atoms with Crippen LogP contribution in [0.25, 0.3) is 143 Å². The normalized spacial score (nSPS) is 12.6. The Kier molecular flexibility index (Phi) is 10.0. The maximum atomic E-state index is 2.51. The Morgan fingerprint density at radius 2 is 0.691 bits per heavy atom. The SMILES string of the molecule is CCC[I-]c1ccc(-c2cc3c(c4ccccc24)-c2ccc4c5ccc6c7c(ccc(c8ccc-3c2c84)c75)-c2c-6c(-c3ccc([I-]C)cc3)c3ccccc3c2-c2ccc([I-]CCC)cc2)cc1. The second-order valence-corrected chi connectivity index (χ2v) is 26.9. The third-order valence-electron chi connectivity index (χ3n) is 14.8. The molecule has 68 heavy (non-hydrogen) atoms. The van der Waals surface area contributed by atoms with E-state index >= 15 is 0 Å². The number of benzene rings is 12. The Morgan fingerprint density at radius 3 is 1.16 bits per heavy atom. The monoisotopic (exact) mass is 1210 g/mol. The minimum absolute atomic E-state index is 0.00315. The Bertz CT molecular complexity index is 4030. The first-order valence-electron chi connectivity index (χ1n) is 24.0. The van der Waals surface area contributed by atoms with Gasteiger partial charge in [0, 0.05) is 0 Å². The van der Waals surface area contributed by atoms with E-state index in [-0.39, 0.29) is 63.6 Å². The van der Waals surface area contributed by atoms with Crippen LogP contribution in [0.3, 0.4) is 0 Å². The van der Waals surface area contributed by atoms with Crippen molar-refractivity contribution in [2.45, 2.75) is 26.7 Å². The molecule has 12 aromatic carbocycles. The molecule has 0 atom stereocenters. The van der Waals surface area contributed by atoms with Gasteiger partial charge in [-0.1, -0.05) is 0 Å². The average molecular weight is 1210 g/mol. The Labute approximate surface area is 428 Å². The number of hydrogen-bond acceptors (Lipinski definition) is 0. The van der Waals surface area contributed by atoms with Crippen molar-refractivity contribution >= 4 is 64.6 Å². The molecule has 0 nitrogen and oxygen atoms in total. The molecule has 14 rings (SSSR count). The van der Waals surface area contributed by atoms with Crippen molar-refractivity contribution in [2.24, 2.45) is 0 Å². The van der Waals surface area contributed by atoms with E-state index in [0.717, 1.165) is 0 Å². The molecule has 0 aliphatic heterocycles. The van der Waals surface area contributed by atoms with Crippen molar-refractivity contribution in [1.82, 2.24) is 0 Å². The summed E-state index contributed by atoms with van der Waals surface area (Å²) in [7, 11) is 0. The molecule has 0 saturated heterocycles. The fourth-order valence-electron chi connectivity index (χ4n) is 12.0. The molecule has 0 saturated carbocycles. The molecule has 0 aromatic heterocycles. The first-order chi connectivity index (χ1) is 33.6. The molecular formula is C65H46I3-3. The predicted molar refractivity (Wildman–Crippen MR) is 280 cm³/mol. The summed E-state index contributed by atoms with van der Waals surface area (Å²) in [6.07, 6.45) is 2.52. The van der Waals surface area contributed by atoms with Crippen LogP contribution in [-0.2, 0) is 0 Å². The Hall–Kier alpha value is -5.35. The summed E-state index contributed by atoms with van der Waals surface area (Å²) >= 11 is 0.0955. The van der Waals surface area contributed by atoms with E-state index < -0.39 is 0 Å². The number of fused-ring (bicyclic) bond motifs is 11. The van der Waals surface area contributed by atoms with Crippen molar-refractivity contribution in [2.75, 3.05) is 13.8 Å². The summed E-state index contributed by atoms with van der Waals surface area (Å²) < 4.78 is 7.20. The maximum absolute atomic E-state index is 2.51. The van der Waals surface area contributed by atoms with Crippen molar-refractivity contribution in [3.8, 4) is 77.9 Å². The van der Waals surface area contributed by atoms with Crippen LogP contribution in [0.4, 0.5) is 0 Å². The van der Waals surface area contributed by atoms with E-state index in [1.807, 2.05) is 0 Å². The van der Waals surface area contributed by atoms with E-state index in [4.69, 9.17) is 0 Å². The third kappa shape index (κ3) is 6.06. The van der Waals surface area contributed by atoms with Crippen LogP contribution in [0.15, 0.2) is 176 Å². The quantitative estimate of drug-likeness (QED) is 0.0558. The Morgan fingerprint density at radius 1 is 0.294 bits per heavy atom. The first-order valence-corrected chi connectivity index (χ1v) is 32.4. The fraction of sp³-hybridized carbons (Fsp3) is 0.108.